The molecule has 0 spiro atoms. The number of rotatable bonds is 4. The molecule has 138 valence electrons. The summed E-state index contributed by atoms with van der Waals surface area (Å²) in [5.41, 5.74) is 0.359. The molecule has 0 amide bonds. The molecule has 3 N–H and O–H groups in total. The van der Waals surface area contributed by atoms with E-state index in [-0.39, 0.29) is 28.4 Å². The Labute approximate surface area is 149 Å². The molecule has 26 heavy (non-hydrogen) atoms. The molecule has 1 heterocycles. The number of carbonyl (C=O) groups excluding carboxylic acids is 1. The molecular weight excluding hydrogens is 344 g/mol. The van der Waals surface area contributed by atoms with Crippen LogP contribution >= 0.6 is 0 Å². The number of Topliss-reactive ketones (excluding diaryl/α,β-unsaturated/α-hetero) is 1. The van der Waals surface area contributed by atoms with E-state index in [0.717, 1.165) is 0 Å². The van der Waals surface area contributed by atoms with Crippen molar-refractivity contribution in [1.82, 2.24) is 0 Å². The number of fused-ring (bicyclic) bond motifs is 1. The summed E-state index contributed by atoms with van der Waals surface area (Å²) in [4.78, 5) is 12.7. The fourth-order valence-electron chi connectivity index (χ4n) is 2.85. The van der Waals surface area contributed by atoms with E-state index in [1.54, 1.807) is 0 Å². The normalized spacial score (nSPS) is 18.7. The molecule has 8 heteroatoms. The number of aliphatic hydroxyl groups is 1. The molecule has 1 aliphatic heterocycles. The van der Waals surface area contributed by atoms with E-state index in [0.29, 0.717) is 5.75 Å². The molecule has 0 radical (unpaired) electrons. The summed E-state index contributed by atoms with van der Waals surface area (Å²) in [6, 6.07) is 5.59. The van der Waals surface area contributed by atoms with Gasteiger partial charge in [0.25, 0.3) is 0 Å². The number of ether oxygens (including phenoxy) is 4. The topological polar surface area (TPSA) is 115 Å². The summed E-state index contributed by atoms with van der Waals surface area (Å²) in [6.07, 6.45) is -2.66. The fourth-order valence-corrected chi connectivity index (χ4v) is 2.85. The van der Waals surface area contributed by atoms with Crippen LogP contribution in [-0.4, -0.2) is 48.5 Å². The minimum absolute atomic E-state index is 0.0164. The average molecular weight is 362 g/mol. The Balaban J connectivity index is 2.11. The van der Waals surface area contributed by atoms with Crippen LogP contribution in [0.15, 0.2) is 24.3 Å². The quantitative estimate of drug-likeness (QED) is 0.706. The minimum Gasteiger partial charge on any atom is -0.504 e. The van der Waals surface area contributed by atoms with E-state index < -0.39 is 29.5 Å². The van der Waals surface area contributed by atoms with Gasteiger partial charge in [-0.1, -0.05) is 0 Å². The number of phenols is 2. The van der Waals surface area contributed by atoms with Crippen molar-refractivity contribution in [1.29, 1.82) is 0 Å². The predicted octanol–water partition coefficient (Wildman–Crippen LogP) is 1.80. The Morgan fingerprint density at radius 1 is 0.962 bits per heavy atom. The van der Waals surface area contributed by atoms with E-state index in [1.165, 1.54) is 45.6 Å². The molecule has 0 saturated heterocycles. The van der Waals surface area contributed by atoms with Gasteiger partial charge in [0.05, 0.1) is 21.3 Å². The van der Waals surface area contributed by atoms with Crippen LogP contribution in [0.25, 0.3) is 0 Å². The number of benzene rings is 2. The first-order chi connectivity index (χ1) is 12.4. The fraction of sp³-hybridized carbons (Fsp3) is 0.278. The number of ketones is 1. The Hall–Kier alpha value is -3.13. The average Bonchev–Trinajstić information content (AvgIpc) is 2.65. The van der Waals surface area contributed by atoms with Crippen molar-refractivity contribution in [3.8, 4) is 34.5 Å². The van der Waals surface area contributed by atoms with E-state index in [1.807, 2.05) is 0 Å². The van der Waals surface area contributed by atoms with Gasteiger partial charge < -0.3 is 34.3 Å². The van der Waals surface area contributed by atoms with Crippen LogP contribution in [-0.2, 0) is 0 Å². The lowest BCUT2D eigenvalue weighted by Crippen LogP contribution is -2.36. The molecule has 8 nitrogen and oxygen atoms in total. The van der Waals surface area contributed by atoms with Gasteiger partial charge in [0.15, 0.2) is 23.7 Å². The molecule has 0 saturated carbocycles. The number of hydrogen-bond acceptors (Lipinski definition) is 8. The number of aromatic hydroxyl groups is 2. The van der Waals surface area contributed by atoms with E-state index in [2.05, 4.69) is 0 Å². The first-order valence-electron chi connectivity index (χ1n) is 7.66. The molecule has 2 unspecified atom stereocenters. The molecule has 1 aliphatic rings. The molecule has 0 aromatic heterocycles. The van der Waals surface area contributed by atoms with E-state index >= 15 is 0 Å². The second-order valence-electron chi connectivity index (χ2n) is 5.64. The van der Waals surface area contributed by atoms with Crippen LogP contribution in [0, 0.1) is 0 Å². The Bertz CT molecular complexity index is 861. The first kappa shape index (κ1) is 17.7. The van der Waals surface area contributed by atoms with Crippen molar-refractivity contribution >= 4 is 5.78 Å². The molecule has 3 rings (SSSR count). The zero-order valence-corrected chi connectivity index (χ0v) is 14.3. The highest BCUT2D eigenvalue weighted by Gasteiger charge is 2.40. The van der Waals surface area contributed by atoms with Crippen LogP contribution in [0.4, 0.5) is 0 Å². The van der Waals surface area contributed by atoms with Crippen molar-refractivity contribution in [2.45, 2.75) is 12.2 Å². The maximum atomic E-state index is 12.7. The van der Waals surface area contributed by atoms with Gasteiger partial charge >= 0.3 is 0 Å². The van der Waals surface area contributed by atoms with Crippen molar-refractivity contribution < 1.29 is 39.1 Å². The van der Waals surface area contributed by atoms with Gasteiger partial charge in [-0.15, -0.1) is 0 Å². The summed E-state index contributed by atoms with van der Waals surface area (Å²) in [7, 11) is 4.16. The van der Waals surface area contributed by atoms with E-state index in [4.69, 9.17) is 18.9 Å². The number of phenolic OH excluding ortho intramolecular Hbond substituents is 2. The third kappa shape index (κ3) is 2.74. The Morgan fingerprint density at radius 2 is 1.65 bits per heavy atom. The summed E-state index contributed by atoms with van der Waals surface area (Å²) in [6.45, 7) is 0. The number of hydrogen-bond donors (Lipinski definition) is 3. The van der Waals surface area contributed by atoms with Crippen LogP contribution in [0.2, 0.25) is 0 Å². The SMILES string of the molecule is COc1cc(OC)c2c(c1)OC(c1cc(O)c(O)c(OC)c1)C(O)C2=O. The van der Waals surface area contributed by atoms with Gasteiger partial charge in [-0.2, -0.15) is 0 Å². The highest BCUT2D eigenvalue weighted by atomic mass is 16.5. The molecule has 2 atom stereocenters. The lowest BCUT2D eigenvalue weighted by Gasteiger charge is -2.31. The second kappa shape index (κ2) is 6.64. The van der Waals surface area contributed by atoms with Crippen molar-refractivity contribution in [3.05, 3.63) is 35.4 Å². The second-order valence-corrected chi connectivity index (χ2v) is 5.64. The highest BCUT2D eigenvalue weighted by Crippen LogP contribution is 2.45. The largest absolute Gasteiger partial charge is 0.504 e. The summed E-state index contributed by atoms with van der Waals surface area (Å²) in [5.74, 6) is -0.719. The van der Waals surface area contributed by atoms with Gasteiger partial charge in [0.2, 0.25) is 11.5 Å². The Kier molecular flexibility index (Phi) is 4.52. The van der Waals surface area contributed by atoms with Crippen LogP contribution in [0.5, 0.6) is 34.5 Å². The first-order valence-corrected chi connectivity index (χ1v) is 7.66. The van der Waals surface area contributed by atoms with Crippen LogP contribution in [0.3, 0.4) is 0 Å². The summed E-state index contributed by atoms with van der Waals surface area (Å²) in [5, 5.41) is 30.1. The zero-order valence-electron chi connectivity index (χ0n) is 14.3. The lowest BCUT2D eigenvalue weighted by atomic mass is 9.92. The lowest BCUT2D eigenvalue weighted by molar-refractivity contribution is 0.0209. The number of carbonyl (C=O) groups is 1. The number of aliphatic hydroxyl groups excluding tert-OH is 1. The van der Waals surface area contributed by atoms with Gasteiger partial charge in [-0.3, -0.25) is 4.79 Å². The van der Waals surface area contributed by atoms with Crippen molar-refractivity contribution in [2.24, 2.45) is 0 Å². The third-order valence-corrected chi connectivity index (χ3v) is 4.18. The standard InChI is InChI=1S/C18H18O8/c1-23-9-6-11(24-2)14-12(7-9)26-18(17(22)16(14)21)8-4-10(19)15(20)13(5-8)25-3/h4-7,17-20,22H,1-3H3. The maximum absolute atomic E-state index is 12.7. The summed E-state index contributed by atoms with van der Waals surface area (Å²) >= 11 is 0. The van der Waals surface area contributed by atoms with E-state index in [9.17, 15) is 20.1 Å². The highest BCUT2D eigenvalue weighted by molar-refractivity contribution is 6.05. The third-order valence-electron chi connectivity index (χ3n) is 4.18. The number of methoxy groups -OCH3 is 3. The molecular formula is C18H18O8. The van der Waals surface area contributed by atoms with Gasteiger partial charge in [-0.05, 0) is 12.1 Å². The zero-order chi connectivity index (χ0) is 19.0. The predicted molar refractivity (Wildman–Crippen MR) is 89.6 cm³/mol. The molecule has 0 fully saturated rings. The molecule has 2 aromatic carbocycles. The molecule has 0 bridgehead atoms. The minimum atomic E-state index is -1.54. The molecule has 2 aromatic rings. The molecule has 0 aliphatic carbocycles. The maximum Gasteiger partial charge on any atom is 0.202 e. The smallest absolute Gasteiger partial charge is 0.202 e. The summed E-state index contributed by atoms with van der Waals surface area (Å²) < 4.78 is 21.2. The monoisotopic (exact) mass is 362 g/mol. The van der Waals surface area contributed by atoms with Crippen LogP contribution in [0.1, 0.15) is 22.0 Å². The Morgan fingerprint density at radius 3 is 2.27 bits per heavy atom. The van der Waals surface area contributed by atoms with Gasteiger partial charge in [0, 0.05) is 17.7 Å². The van der Waals surface area contributed by atoms with Gasteiger partial charge in [-0.25, -0.2) is 0 Å². The van der Waals surface area contributed by atoms with Crippen molar-refractivity contribution in [3.63, 3.8) is 0 Å². The van der Waals surface area contributed by atoms with Gasteiger partial charge in [0.1, 0.15) is 22.8 Å². The van der Waals surface area contributed by atoms with Crippen molar-refractivity contribution in [2.75, 3.05) is 21.3 Å². The van der Waals surface area contributed by atoms with Crippen LogP contribution < -0.4 is 18.9 Å².